The van der Waals surface area contributed by atoms with E-state index in [0.29, 0.717) is 22.3 Å². The second-order valence-electron chi connectivity index (χ2n) is 6.25. The van der Waals surface area contributed by atoms with Crippen LogP contribution < -0.4 is 15.6 Å². The number of amides is 1. The highest BCUT2D eigenvalue weighted by atomic mass is 32.1. The van der Waals surface area contributed by atoms with Gasteiger partial charge in [-0.2, -0.15) is 5.10 Å². The summed E-state index contributed by atoms with van der Waals surface area (Å²) in [5, 5.41) is 9.26. The number of hydrogen-bond donors (Lipinski definition) is 1. The second-order valence-corrected chi connectivity index (χ2v) is 7.11. The summed E-state index contributed by atoms with van der Waals surface area (Å²) in [7, 11) is 1.58. The highest BCUT2D eigenvalue weighted by Crippen LogP contribution is 2.23. The SMILES string of the molecule is COc1cccc(-c2ccc(=O)n(CC(=O)Nc3nc(-c4ccccn4)cs3)n2)c1. The van der Waals surface area contributed by atoms with Gasteiger partial charge in [-0.25, -0.2) is 9.67 Å². The molecule has 0 radical (unpaired) electrons. The molecule has 0 spiro atoms. The van der Waals surface area contributed by atoms with Gasteiger partial charge in [0.1, 0.15) is 18.0 Å². The standard InChI is InChI=1S/C21H17N5O3S/c1-29-15-6-4-5-14(11-15)16-8-9-20(28)26(25-16)12-19(27)24-21-23-18(13-30-21)17-7-2-3-10-22-17/h2-11,13H,12H2,1H3,(H,23,24,27). The lowest BCUT2D eigenvalue weighted by Crippen LogP contribution is -2.29. The Morgan fingerprint density at radius 1 is 1.10 bits per heavy atom. The Balaban J connectivity index is 1.49. The summed E-state index contributed by atoms with van der Waals surface area (Å²) in [4.78, 5) is 33.2. The summed E-state index contributed by atoms with van der Waals surface area (Å²) >= 11 is 1.29. The fourth-order valence-electron chi connectivity index (χ4n) is 2.76. The number of carbonyl (C=O) groups excluding carboxylic acids is 1. The zero-order valence-electron chi connectivity index (χ0n) is 16.0. The minimum absolute atomic E-state index is 0.227. The molecule has 0 aliphatic heterocycles. The first kappa shape index (κ1) is 19.5. The molecule has 4 rings (SSSR count). The van der Waals surface area contributed by atoms with Gasteiger partial charge < -0.3 is 10.1 Å². The van der Waals surface area contributed by atoms with E-state index >= 15 is 0 Å². The molecule has 0 saturated carbocycles. The summed E-state index contributed by atoms with van der Waals surface area (Å²) in [6.45, 7) is -0.227. The number of pyridine rings is 1. The molecule has 30 heavy (non-hydrogen) atoms. The molecule has 0 atom stereocenters. The number of methoxy groups -OCH3 is 1. The lowest BCUT2D eigenvalue weighted by atomic mass is 10.1. The van der Waals surface area contributed by atoms with Gasteiger partial charge in [0.05, 0.1) is 18.5 Å². The van der Waals surface area contributed by atoms with Crippen LogP contribution in [-0.2, 0) is 11.3 Å². The Hall–Kier alpha value is -3.85. The van der Waals surface area contributed by atoms with Gasteiger partial charge in [0.25, 0.3) is 5.56 Å². The van der Waals surface area contributed by atoms with Crippen molar-refractivity contribution >= 4 is 22.4 Å². The molecular formula is C21H17N5O3S. The van der Waals surface area contributed by atoms with E-state index in [1.807, 2.05) is 47.8 Å². The quantitative estimate of drug-likeness (QED) is 0.516. The van der Waals surface area contributed by atoms with Gasteiger partial charge in [-0.3, -0.25) is 14.6 Å². The van der Waals surface area contributed by atoms with Crippen LogP contribution in [0.15, 0.2) is 71.0 Å². The fraction of sp³-hybridized carbons (Fsp3) is 0.0952. The van der Waals surface area contributed by atoms with E-state index in [0.717, 1.165) is 15.9 Å². The number of anilines is 1. The predicted molar refractivity (Wildman–Crippen MR) is 114 cm³/mol. The van der Waals surface area contributed by atoms with Gasteiger partial charge >= 0.3 is 0 Å². The zero-order valence-corrected chi connectivity index (χ0v) is 16.8. The van der Waals surface area contributed by atoms with E-state index in [1.54, 1.807) is 19.4 Å². The average molecular weight is 419 g/mol. The molecule has 3 aromatic heterocycles. The number of ether oxygens (including phenoxy) is 1. The van der Waals surface area contributed by atoms with Gasteiger partial charge in [-0.15, -0.1) is 11.3 Å². The molecule has 3 heterocycles. The van der Waals surface area contributed by atoms with Crippen LogP contribution in [0.4, 0.5) is 5.13 Å². The van der Waals surface area contributed by atoms with E-state index in [4.69, 9.17) is 4.74 Å². The number of aromatic nitrogens is 4. The summed E-state index contributed by atoms with van der Waals surface area (Å²) in [5.41, 5.74) is 2.37. The first-order chi connectivity index (χ1) is 14.6. The van der Waals surface area contributed by atoms with E-state index < -0.39 is 5.91 Å². The van der Waals surface area contributed by atoms with Crippen LogP contribution in [0.3, 0.4) is 0 Å². The summed E-state index contributed by atoms with van der Waals surface area (Å²) in [6, 6.07) is 15.9. The van der Waals surface area contributed by atoms with Gasteiger partial charge in [0.2, 0.25) is 5.91 Å². The molecule has 8 nitrogen and oxygen atoms in total. The van der Waals surface area contributed by atoms with Crippen molar-refractivity contribution in [1.82, 2.24) is 19.7 Å². The molecule has 0 aliphatic rings. The Morgan fingerprint density at radius 2 is 2.00 bits per heavy atom. The van der Waals surface area contributed by atoms with E-state index in [9.17, 15) is 9.59 Å². The zero-order chi connectivity index (χ0) is 20.9. The van der Waals surface area contributed by atoms with E-state index in [-0.39, 0.29) is 12.1 Å². The maximum Gasteiger partial charge on any atom is 0.267 e. The third kappa shape index (κ3) is 4.41. The average Bonchev–Trinajstić information content (AvgIpc) is 3.24. The van der Waals surface area contributed by atoms with Crippen molar-refractivity contribution in [2.24, 2.45) is 0 Å². The van der Waals surface area contributed by atoms with E-state index in [1.165, 1.54) is 17.4 Å². The molecule has 0 unspecified atom stereocenters. The number of hydrogen-bond acceptors (Lipinski definition) is 7. The molecule has 0 saturated heterocycles. The van der Waals surface area contributed by atoms with Crippen LogP contribution in [-0.4, -0.2) is 32.8 Å². The molecule has 1 amide bonds. The van der Waals surface area contributed by atoms with Crippen LogP contribution in [0.5, 0.6) is 5.75 Å². The van der Waals surface area contributed by atoms with Gasteiger partial charge in [-0.05, 0) is 30.3 Å². The smallest absolute Gasteiger partial charge is 0.267 e. The van der Waals surface area contributed by atoms with E-state index in [2.05, 4.69) is 20.4 Å². The number of thiazole rings is 1. The molecule has 1 aromatic carbocycles. The number of carbonyl (C=O) groups is 1. The van der Waals surface area contributed by atoms with Crippen LogP contribution in [0.2, 0.25) is 0 Å². The van der Waals surface area contributed by atoms with Crippen molar-refractivity contribution < 1.29 is 9.53 Å². The second kappa shape index (κ2) is 8.66. The van der Waals surface area contributed by atoms with Crippen molar-refractivity contribution in [3.05, 3.63) is 76.5 Å². The highest BCUT2D eigenvalue weighted by molar-refractivity contribution is 7.14. The first-order valence-corrected chi connectivity index (χ1v) is 9.90. The van der Waals surface area contributed by atoms with Crippen LogP contribution in [0, 0.1) is 0 Å². The predicted octanol–water partition coefficient (Wildman–Crippen LogP) is 3.08. The lowest BCUT2D eigenvalue weighted by Gasteiger charge is -2.08. The highest BCUT2D eigenvalue weighted by Gasteiger charge is 2.12. The number of benzene rings is 1. The third-order valence-electron chi connectivity index (χ3n) is 4.20. The summed E-state index contributed by atoms with van der Waals surface area (Å²) in [5.74, 6) is 0.284. The van der Waals surface area contributed by atoms with Crippen molar-refractivity contribution in [2.45, 2.75) is 6.54 Å². The van der Waals surface area contributed by atoms with Gasteiger partial charge in [0.15, 0.2) is 5.13 Å². The molecule has 0 bridgehead atoms. The largest absolute Gasteiger partial charge is 0.497 e. The first-order valence-electron chi connectivity index (χ1n) is 9.02. The normalized spacial score (nSPS) is 10.6. The van der Waals surface area contributed by atoms with Crippen molar-refractivity contribution in [3.8, 4) is 28.4 Å². The number of rotatable bonds is 6. The number of nitrogens with one attached hydrogen (secondary N) is 1. The molecular weight excluding hydrogens is 402 g/mol. The topological polar surface area (TPSA) is 99.0 Å². The van der Waals surface area contributed by atoms with Crippen LogP contribution in [0.1, 0.15) is 0 Å². The fourth-order valence-corrected chi connectivity index (χ4v) is 3.48. The monoisotopic (exact) mass is 419 g/mol. The maximum absolute atomic E-state index is 12.4. The Kier molecular flexibility index (Phi) is 5.62. The lowest BCUT2D eigenvalue weighted by molar-refractivity contribution is -0.117. The summed E-state index contributed by atoms with van der Waals surface area (Å²) in [6.07, 6.45) is 1.68. The molecule has 0 fully saturated rings. The molecule has 9 heteroatoms. The number of nitrogens with zero attached hydrogens (tertiary/aromatic N) is 4. The van der Waals surface area contributed by atoms with Crippen molar-refractivity contribution in [2.75, 3.05) is 12.4 Å². The molecule has 150 valence electrons. The minimum atomic E-state index is -0.394. The van der Waals surface area contributed by atoms with Crippen LogP contribution >= 0.6 is 11.3 Å². The van der Waals surface area contributed by atoms with Gasteiger partial charge in [-0.1, -0.05) is 18.2 Å². The summed E-state index contributed by atoms with van der Waals surface area (Å²) < 4.78 is 6.35. The van der Waals surface area contributed by atoms with Crippen molar-refractivity contribution in [1.29, 1.82) is 0 Å². The third-order valence-corrected chi connectivity index (χ3v) is 4.96. The Morgan fingerprint density at radius 3 is 2.80 bits per heavy atom. The van der Waals surface area contributed by atoms with Gasteiger partial charge in [0, 0.05) is 23.2 Å². The van der Waals surface area contributed by atoms with Crippen molar-refractivity contribution in [3.63, 3.8) is 0 Å². The van der Waals surface area contributed by atoms with Crippen LogP contribution in [0.25, 0.3) is 22.6 Å². The maximum atomic E-state index is 12.4. The molecule has 1 N–H and O–H groups in total. The Bertz CT molecular complexity index is 1240. The Labute approximate surface area is 175 Å². The molecule has 0 aliphatic carbocycles. The molecule has 4 aromatic rings. The minimum Gasteiger partial charge on any atom is -0.497 e.